The summed E-state index contributed by atoms with van der Waals surface area (Å²) in [5.74, 6) is 1.08. The van der Waals surface area contributed by atoms with Crippen molar-refractivity contribution in [2.24, 2.45) is 0 Å². The third kappa shape index (κ3) is 15.6. The molecule has 0 fully saturated rings. The summed E-state index contributed by atoms with van der Waals surface area (Å²) in [5.41, 5.74) is 7.77. The van der Waals surface area contributed by atoms with Crippen molar-refractivity contribution in [3.63, 3.8) is 0 Å². The molecule has 0 amide bonds. The SMILES string of the molecule is CN(CCCCC(c1ccccc1)C(CCCCc1ccccc1)N(CCc1ccccc1O)C(CCCCNCCc1cccc(O)c1)c1ccccc1)Cc1ccccc1. The lowest BCUT2D eigenvalue weighted by atomic mass is 9.81. The van der Waals surface area contributed by atoms with E-state index in [0.29, 0.717) is 23.5 Å². The lowest BCUT2D eigenvalue weighted by Gasteiger charge is -2.43. The highest BCUT2D eigenvalue weighted by Gasteiger charge is 2.33. The lowest BCUT2D eigenvalue weighted by Crippen LogP contribution is -2.43. The third-order valence-electron chi connectivity index (χ3n) is 12.6. The molecule has 62 heavy (non-hydrogen) atoms. The van der Waals surface area contributed by atoms with Crippen LogP contribution in [0.25, 0.3) is 0 Å². The quantitative estimate of drug-likeness (QED) is 0.0430. The fraction of sp³-hybridized carbons (Fsp3) is 0.368. The number of hydrogen-bond acceptors (Lipinski definition) is 5. The van der Waals surface area contributed by atoms with Gasteiger partial charge in [-0.3, -0.25) is 4.90 Å². The minimum atomic E-state index is 0.233. The molecule has 0 heterocycles. The predicted molar refractivity (Wildman–Crippen MR) is 260 cm³/mol. The molecule has 326 valence electrons. The number of phenols is 2. The number of nitrogens with one attached hydrogen (secondary N) is 1. The maximum Gasteiger partial charge on any atom is 0.118 e. The Balaban J connectivity index is 1.25. The Labute approximate surface area is 373 Å². The van der Waals surface area contributed by atoms with Crippen LogP contribution in [-0.4, -0.2) is 59.3 Å². The van der Waals surface area contributed by atoms with Gasteiger partial charge in [-0.25, -0.2) is 0 Å². The third-order valence-corrected chi connectivity index (χ3v) is 12.6. The Morgan fingerprint density at radius 2 is 1.10 bits per heavy atom. The molecule has 6 aromatic rings. The monoisotopic (exact) mass is 830 g/mol. The van der Waals surface area contributed by atoms with Crippen molar-refractivity contribution < 1.29 is 10.2 Å². The van der Waals surface area contributed by atoms with Gasteiger partial charge in [-0.1, -0.05) is 171 Å². The van der Waals surface area contributed by atoms with Crippen molar-refractivity contribution in [3.8, 4) is 11.5 Å². The van der Waals surface area contributed by atoms with Gasteiger partial charge in [0.2, 0.25) is 0 Å². The number of hydrogen-bond donors (Lipinski definition) is 3. The molecule has 5 heteroatoms. The van der Waals surface area contributed by atoms with Gasteiger partial charge in [-0.15, -0.1) is 0 Å². The van der Waals surface area contributed by atoms with Crippen LogP contribution < -0.4 is 5.32 Å². The maximum absolute atomic E-state index is 11.1. The molecule has 0 aromatic heterocycles. The van der Waals surface area contributed by atoms with Gasteiger partial charge in [0.15, 0.2) is 0 Å². The fourth-order valence-electron chi connectivity index (χ4n) is 9.31. The number of rotatable bonds is 28. The van der Waals surface area contributed by atoms with E-state index in [2.05, 4.69) is 162 Å². The topological polar surface area (TPSA) is 59.0 Å². The van der Waals surface area contributed by atoms with Crippen LogP contribution in [0.4, 0.5) is 0 Å². The zero-order valence-electron chi connectivity index (χ0n) is 37.2. The van der Waals surface area contributed by atoms with Gasteiger partial charge in [0.1, 0.15) is 11.5 Å². The lowest BCUT2D eigenvalue weighted by molar-refractivity contribution is 0.0931. The molecule has 0 aliphatic heterocycles. The zero-order chi connectivity index (χ0) is 43.0. The van der Waals surface area contributed by atoms with Crippen LogP contribution in [-0.2, 0) is 25.8 Å². The largest absolute Gasteiger partial charge is 0.508 e. The molecule has 0 bridgehead atoms. The molecule has 6 aromatic carbocycles. The number of aryl methyl sites for hydroxylation is 1. The summed E-state index contributed by atoms with van der Waals surface area (Å²) in [5, 5.41) is 24.7. The van der Waals surface area contributed by atoms with Crippen LogP contribution in [0.2, 0.25) is 0 Å². The van der Waals surface area contributed by atoms with Gasteiger partial charge >= 0.3 is 0 Å². The second-order valence-corrected chi connectivity index (χ2v) is 17.2. The number of nitrogens with zero attached hydrogens (tertiary/aromatic N) is 2. The summed E-state index contributed by atoms with van der Waals surface area (Å²) >= 11 is 0. The van der Waals surface area contributed by atoms with Crippen LogP contribution in [0.1, 0.15) is 103 Å². The van der Waals surface area contributed by atoms with Crippen LogP contribution in [0.5, 0.6) is 11.5 Å². The van der Waals surface area contributed by atoms with E-state index in [9.17, 15) is 10.2 Å². The Hall–Kier alpha value is -5.20. The highest BCUT2D eigenvalue weighted by Crippen LogP contribution is 2.39. The smallest absolute Gasteiger partial charge is 0.118 e. The number of para-hydroxylation sites is 1. The molecule has 3 atom stereocenters. The van der Waals surface area contributed by atoms with Gasteiger partial charge in [0.05, 0.1) is 0 Å². The van der Waals surface area contributed by atoms with Crippen LogP contribution in [0.3, 0.4) is 0 Å². The Bertz CT molecular complexity index is 2080. The molecule has 0 saturated heterocycles. The summed E-state index contributed by atoms with van der Waals surface area (Å²) in [6.07, 6.45) is 12.9. The molecular formula is C57H71N3O2. The molecule has 5 nitrogen and oxygen atoms in total. The molecule has 0 spiro atoms. The van der Waals surface area contributed by atoms with E-state index >= 15 is 0 Å². The van der Waals surface area contributed by atoms with E-state index in [1.165, 1.54) is 22.3 Å². The first kappa shape index (κ1) is 46.3. The van der Waals surface area contributed by atoms with Crippen LogP contribution in [0.15, 0.2) is 170 Å². The van der Waals surface area contributed by atoms with Crippen molar-refractivity contribution in [2.45, 2.75) is 102 Å². The second kappa shape index (κ2) is 26.3. The first-order valence-corrected chi connectivity index (χ1v) is 23.4. The predicted octanol–water partition coefficient (Wildman–Crippen LogP) is 12.6. The number of unbranched alkanes of at least 4 members (excludes halogenated alkanes) is 3. The number of benzene rings is 6. The highest BCUT2D eigenvalue weighted by atomic mass is 16.3. The first-order valence-electron chi connectivity index (χ1n) is 23.4. The summed E-state index contributed by atoms with van der Waals surface area (Å²) in [7, 11) is 2.26. The van der Waals surface area contributed by atoms with E-state index < -0.39 is 0 Å². The van der Waals surface area contributed by atoms with Gasteiger partial charge in [-0.2, -0.15) is 0 Å². The molecule has 0 radical (unpaired) electrons. The first-order chi connectivity index (χ1) is 30.5. The summed E-state index contributed by atoms with van der Waals surface area (Å²) in [6, 6.07) is 60.5. The van der Waals surface area contributed by atoms with Crippen molar-refractivity contribution >= 4 is 0 Å². The van der Waals surface area contributed by atoms with Gasteiger partial charge in [0.25, 0.3) is 0 Å². The molecule has 6 rings (SSSR count). The second-order valence-electron chi connectivity index (χ2n) is 17.2. The van der Waals surface area contributed by atoms with Crippen molar-refractivity contribution in [1.82, 2.24) is 15.1 Å². The highest BCUT2D eigenvalue weighted by molar-refractivity contribution is 5.32. The van der Waals surface area contributed by atoms with E-state index in [4.69, 9.17) is 0 Å². The summed E-state index contributed by atoms with van der Waals surface area (Å²) < 4.78 is 0. The standard InChI is InChI=1S/C57H71N3O2/c1-59(46-49-26-8-3-9-27-49)43-21-19-35-54(50-29-10-4-11-30-50)56(37-16-14-25-47-23-6-2-7-24-47)60(44-40-52-33-15-17-38-57(52)62)55(51-31-12-5-13-32-51)36-18-20-41-58-42-39-48-28-22-34-53(61)45-48/h2-13,15,17,22-24,26-34,38,45,54-56,58,61-62H,14,16,18-21,25,35-37,39-44,46H2,1H3. The average Bonchev–Trinajstić information content (AvgIpc) is 3.30. The normalized spacial score (nSPS) is 13.0. The van der Waals surface area contributed by atoms with Crippen LogP contribution in [0, 0.1) is 0 Å². The van der Waals surface area contributed by atoms with Crippen molar-refractivity contribution in [2.75, 3.05) is 33.2 Å². The minimum Gasteiger partial charge on any atom is -0.508 e. The van der Waals surface area contributed by atoms with Gasteiger partial charge in [-0.05, 0) is 142 Å². The van der Waals surface area contributed by atoms with E-state index in [1.54, 1.807) is 6.07 Å². The van der Waals surface area contributed by atoms with E-state index in [1.807, 2.05) is 24.3 Å². The van der Waals surface area contributed by atoms with E-state index in [-0.39, 0.29) is 6.04 Å². The molecule has 0 saturated carbocycles. The molecule has 3 unspecified atom stereocenters. The van der Waals surface area contributed by atoms with Gasteiger partial charge < -0.3 is 20.4 Å². The van der Waals surface area contributed by atoms with Crippen molar-refractivity contribution in [3.05, 3.63) is 203 Å². The number of phenolic OH excluding ortho intramolecular Hbond substituents is 2. The average molecular weight is 830 g/mol. The zero-order valence-corrected chi connectivity index (χ0v) is 37.2. The molecule has 0 aliphatic rings. The number of aromatic hydroxyl groups is 2. The van der Waals surface area contributed by atoms with E-state index in [0.717, 1.165) is 121 Å². The maximum atomic E-state index is 11.1. The fourth-order valence-corrected chi connectivity index (χ4v) is 9.31. The molecular weight excluding hydrogens is 759 g/mol. The summed E-state index contributed by atoms with van der Waals surface area (Å²) in [6.45, 7) is 4.77. The molecule has 3 N–H and O–H groups in total. The summed E-state index contributed by atoms with van der Waals surface area (Å²) in [4.78, 5) is 5.36. The Morgan fingerprint density at radius 1 is 0.484 bits per heavy atom. The Morgan fingerprint density at radius 3 is 1.81 bits per heavy atom. The van der Waals surface area contributed by atoms with Crippen LogP contribution >= 0.6 is 0 Å². The Kier molecular flexibility index (Phi) is 19.7. The minimum absolute atomic E-state index is 0.233. The van der Waals surface area contributed by atoms with Crippen molar-refractivity contribution in [1.29, 1.82) is 0 Å². The van der Waals surface area contributed by atoms with Gasteiger partial charge in [0, 0.05) is 25.2 Å². The molecule has 0 aliphatic carbocycles.